The Hall–Kier alpha value is -0.370. The number of aromatic nitrogens is 1. The maximum absolute atomic E-state index is 4.47. The van der Waals surface area contributed by atoms with E-state index >= 15 is 0 Å². The molecular weight excluding hydrogens is 395 g/mol. The van der Waals surface area contributed by atoms with Crippen LogP contribution in [0.3, 0.4) is 0 Å². The van der Waals surface area contributed by atoms with Crippen molar-refractivity contribution in [1.29, 1.82) is 0 Å². The molecule has 0 atom stereocenters. The van der Waals surface area contributed by atoms with Crippen LogP contribution in [-0.4, -0.2) is 35.0 Å². The first-order valence-corrected chi connectivity index (χ1v) is 7.92. The molecule has 1 N–H and O–H groups in total. The van der Waals surface area contributed by atoms with E-state index in [1.807, 2.05) is 7.05 Å². The number of nitrogens with one attached hydrogen (secondary N) is 1. The highest BCUT2D eigenvalue weighted by Crippen LogP contribution is 2.46. The summed E-state index contributed by atoms with van der Waals surface area (Å²) in [5, 5.41) is 4.61. The smallest absolute Gasteiger partial charge is 0.194 e. The van der Waals surface area contributed by atoms with Crippen LogP contribution in [0.1, 0.15) is 43.3 Å². The summed E-state index contributed by atoms with van der Waals surface area (Å²) in [6, 6.07) is 0. The zero-order chi connectivity index (χ0) is 15.1. The van der Waals surface area contributed by atoms with Gasteiger partial charge in [0, 0.05) is 29.4 Å². The fourth-order valence-corrected chi connectivity index (χ4v) is 3.47. The van der Waals surface area contributed by atoms with Crippen molar-refractivity contribution in [2.45, 2.75) is 53.6 Å². The van der Waals surface area contributed by atoms with Crippen LogP contribution in [0.15, 0.2) is 4.99 Å². The largest absolute Gasteiger partial charge is 0.351 e. The number of aryl methyl sites for hydroxylation is 2. The van der Waals surface area contributed by atoms with E-state index in [0.29, 0.717) is 5.41 Å². The molecule has 2 heterocycles. The summed E-state index contributed by atoms with van der Waals surface area (Å²) in [5.74, 6) is 0.986. The maximum atomic E-state index is 4.47. The minimum atomic E-state index is 0. The van der Waals surface area contributed by atoms with Gasteiger partial charge in [0.25, 0.3) is 0 Å². The molecule has 1 aromatic heterocycles. The predicted octanol–water partition coefficient (Wildman–Crippen LogP) is 3.57. The Balaban J connectivity index is 0.00000220. The summed E-state index contributed by atoms with van der Waals surface area (Å²) in [6.45, 7) is 15.2. The van der Waals surface area contributed by atoms with Gasteiger partial charge in [-0.2, -0.15) is 0 Å². The highest BCUT2D eigenvalue weighted by atomic mass is 127. The number of thiazole rings is 1. The monoisotopic (exact) mass is 422 g/mol. The minimum absolute atomic E-state index is 0. The van der Waals surface area contributed by atoms with E-state index in [1.54, 1.807) is 11.3 Å². The van der Waals surface area contributed by atoms with Crippen LogP contribution in [0.2, 0.25) is 0 Å². The molecule has 0 aliphatic carbocycles. The van der Waals surface area contributed by atoms with Gasteiger partial charge in [0.2, 0.25) is 0 Å². The number of likely N-dealkylation sites (tertiary alicyclic amines) is 1. The summed E-state index contributed by atoms with van der Waals surface area (Å²) in [4.78, 5) is 12.6. The summed E-state index contributed by atoms with van der Waals surface area (Å²) >= 11 is 1.76. The topological polar surface area (TPSA) is 40.5 Å². The van der Waals surface area contributed by atoms with E-state index in [-0.39, 0.29) is 29.5 Å². The SMILES string of the molecule is CN=C(NCc1sc(C)nc1C)N1CC(C)(C)C1(C)C.I. The lowest BCUT2D eigenvalue weighted by Gasteiger charge is -2.62. The van der Waals surface area contributed by atoms with E-state index in [2.05, 4.69) is 61.7 Å². The molecule has 120 valence electrons. The fraction of sp³-hybridized carbons (Fsp3) is 0.733. The Morgan fingerprint density at radius 2 is 1.95 bits per heavy atom. The second-order valence-electron chi connectivity index (χ2n) is 6.67. The lowest BCUT2D eigenvalue weighted by molar-refractivity contribution is -0.0667. The average Bonchev–Trinajstić information content (AvgIpc) is 2.67. The van der Waals surface area contributed by atoms with Crippen molar-refractivity contribution < 1.29 is 0 Å². The number of hydrogen-bond donors (Lipinski definition) is 1. The van der Waals surface area contributed by atoms with Gasteiger partial charge in [-0.3, -0.25) is 4.99 Å². The molecule has 0 bridgehead atoms. The first-order chi connectivity index (χ1) is 9.19. The Morgan fingerprint density at radius 1 is 1.33 bits per heavy atom. The van der Waals surface area contributed by atoms with Crippen LogP contribution in [0.4, 0.5) is 0 Å². The zero-order valence-electron chi connectivity index (χ0n) is 14.1. The number of nitrogens with zero attached hydrogens (tertiary/aromatic N) is 3. The number of halogens is 1. The van der Waals surface area contributed by atoms with Crippen molar-refractivity contribution in [2.75, 3.05) is 13.6 Å². The Kier molecular flexibility index (Phi) is 5.69. The third-order valence-electron chi connectivity index (χ3n) is 4.76. The van der Waals surface area contributed by atoms with Gasteiger partial charge >= 0.3 is 0 Å². The number of hydrogen-bond acceptors (Lipinski definition) is 3. The Bertz CT molecular complexity index is 534. The number of rotatable bonds is 2. The molecule has 1 aliphatic heterocycles. The first-order valence-electron chi connectivity index (χ1n) is 7.10. The molecule has 0 saturated carbocycles. The maximum Gasteiger partial charge on any atom is 0.194 e. The summed E-state index contributed by atoms with van der Waals surface area (Å²) in [5.41, 5.74) is 1.58. The molecule has 0 radical (unpaired) electrons. The number of guanidine groups is 1. The number of aliphatic imine (C=N–C) groups is 1. The van der Waals surface area contributed by atoms with E-state index in [0.717, 1.165) is 29.8 Å². The van der Waals surface area contributed by atoms with Crippen molar-refractivity contribution in [3.63, 3.8) is 0 Å². The van der Waals surface area contributed by atoms with Crippen molar-refractivity contribution in [1.82, 2.24) is 15.2 Å². The molecule has 6 heteroatoms. The van der Waals surface area contributed by atoms with Gasteiger partial charge in [0.15, 0.2) is 5.96 Å². The van der Waals surface area contributed by atoms with Crippen molar-refractivity contribution in [3.8, 4) is 0 Å². The van der Waals surface area contributed by atoms with Gasteiger partial charge in [-0.1, -0.05) is 13.8 Å². The molecule has 0 amide bonds. The molecule has 4 nitrogen and oxygen atoms in total. The van der Waals surface area contributed by atoms with E-state index < -0.39 is 0 Å². The van der Waals surface area contributed by atoms with Crippen LogP contribution < -0.4 is 5.32 Å². The van der Waals surface area contributed by atoms with Crippen LogP contribution >= 0.6 is 35.3 Å². The normalized spacial score (nSPS) is 19.8. The van der Waals surface area contributed by atoms with Crippen LogP contribution in [0.25, 0.3) is 0 Å². The molecule has 0 unspecified atom stereocenters. The van der Waals surface area contributed by atoms with Gasteiger partial charge in [-0.05, 0) is 27.7 Å². The van der Waals surface area contributed by atoms with E-state index in [4.69, 9.17) is 0 Å². The molecular formula is C15H27IN4S. The lowest BCUT2D eigenvalue weighted by Crippen LogP contribution is -2.72. The van der Waals surface area contributed by atoms with Crippen LogP contribution in [0, 0.1) is 19.3 Å². The highest BCUT2D eigenvalue weighted by Gasteiger charge is 2.53. The fourth-order valence-electron chi connectivity index (χ4n) is 2.59. The molecule has 0 aromatic carbocycles. The van der Waals surface area contributed by atoms with Gasteiger partial charge < -0.3 is 10.2 Å². The van der Waals surface area contributed by atoms with Gasteiger partial charge in [0.05, 0.1) is 17.2 Å². The van der Waals surface area contributed by atoms with Gasteiger partial charge in [-0.15, -0.1) is 35.3 Å². The third-order valence-corrected chi connectivity index (χ3v) is 5.83. The molecule has 1 fully saturated rings. The third kappa shape index (κ3) is 3.36. The first kappa shape index (κ1) is 18.7. The van der Waals surface area contributed by atoms with E-state index in [9.17, 15) is 0 Å². The lowest BCUT2D eigenvalue weighted by atomic mass is 9.65. The Morgan fingerprint density at radius 3 is 2.33 bits per heavy atom. The van der Waals surface area contributed by atoms with Crippen molar-refractivity contribution in [3.05, 3.63) is 15.6 Å². The molecule has 2 rings (SSSR count). The van der Waals surface area contributed by atoms with Crippen LogP contribution in [-0.2, 0) is 6.54 Å². The van der Waals surface area contributed by atoms with E-state index in [1.165, 1.54) is 4.88 Å². The summed E-state index contributed by atoms with van der Waals surface area (Å²) in [6.07, 6.45) is 0. The van der Waals surface area contributed by atoms with Crippen molar-refractivity contribution >= 4 is 41.3 Å². The summed E-state index contributed by atoms with van der Waals surface area (Å²) < 4.78 is 0. The second-order valence-corrected chi connectivity index (χ2v) is 7.96. The molecule has 21 heavy (non-hydrogen) atoms. The van der Waals surface area contributed by atoms with Gasteiger partial charge in [-0.25, -0.2) is 4.98 Å². The zero-order valence-corrected chi connectivity index (χ0v) is 17.2. The predicted molar refractivity (Wildman–Crippen MR) is 102 cm³/mol. The minimum Gasteiger partial charge on any atom is -0.351 e. The van der Waals surface area contributed by atoms with Gasteiger partial charge in [0.1, 0.15) is 0 Å². The Labute approximate surface area is 149 Å². The molecule has 1 aliphatic rings. The highest BCUT2D eigenvalue weighted by molar-refractivity contribution is 14.0. The molecule has 1 saturated heterocycles. The second kappa shape index (κ2) is 6.40. The standard InChI is InChI=1S/C15H26N4S.HI/c1-10-12(20-11(2)18-10)8-17-13(16-7)19-9-14(3,4)15(19,5)6;/h8-9H2,1-7H3,(H,16,17);1H. The molecule has 0 spiro atoms. The molecule has 1 aromatic rings. The summed E-state index contributed by atoms with van der Waals surface area (Å²) in [7, 11) is 1.86. The quantitative estimate of drug-likeness (QED) is 0.450. The van der Waals surface area contributed by atoms with Crippen LogP contribution in [0.5, 0.6) is 0 Å². The van der Waals surface area contributed by atoms with Crippen molar-refractivity contribution in [2.24, 2.45) is 10.4 Å². The average molecular weight is 422 g/mol.